The van der Waals surface area contributed by atoms with E-state index in [2.05, 4.69) is 26.9 Å². The lowest BCUT2D eigenvalue weighted by Crippen LogP contribution is -2.36. The molecule has 0 saturated heterocycles. The number of unbranched alkanes of at least 4 members (excludes halogenated alkanes) is 1. The van der Waals surface area contributed by atoms with Crippen LogP contribution in [0.4, 0.5) is 0 Å². The van der Waals surface area contributed by atoms with E-state index < -0.39 is 19.5 Å². The third-order valence-electron chi connectivity index (χ3n) is 2.50. The normalized spacial score (nSPS) is 15.8. The van der Waals surface area contributed by atoms with Crippen LogP contribution in [0.5, 0.6) is 0 Å². The van der Waals surface area contributed by atoms with Crippen molar-refractivity contribution in [1.82, 2.24) is 0 Å². The standard InChI is InChI=1S/C10H26O3Si2/c1-10(2,7-5-6-8-11)9(12-14-3)13-15-4/h9,11H,5-8,14-15H2,1-4H3. The average Bonchev–Trinajstić information content (AvgIpc) is 2.18. The van der Waals surface area contributed by atoms with Gasteiger partial charge in [0.15, 0.2) is 19.5 Å². The van der Waals surface area contributed by atoms with Gasteiger partial charge in [-0.3, -0.25) is 0 Å². The number of rotatable bonds is 9. The summed E-state index contributed by atoms with van der Waals surface area (Å²) in [7, 11) is -0.828. The molecule has 0 unspecified atom stereocenters. The molecule has 0 heterocycles. The zero-order valence-corrected chi connectivity index (χ0v) is 13.4. The van der Waals surface area contributed by atoms with Gasteiger partial charge in [-0.2, -0.15) is 0 Å². The molecule has 0 radical (unpaired) electrons. The van der Waals surface area contributed by atoms with Gasteiger partial charge >= 0.3 is 0 Å². The van der Waals surface area contributed by atoms with Crippen LogP contribution in [0, 0.1) is 5.41 Å². The maximum Gasteiger partial charge on any atom is 0.161 e. The second-order valence-corrected chi connectivity index (χ2v) is 6.23. The van der Waals surface area contributed by atoms with E-state index in [9.17, 15) is 0 Å². The molecule has 0 atom stereocenters. The molecule has 0 spiro atoms. The zero-order valence-electron chi connectivity index (χ0n) is 10.6. The van der Waals surface area contributed by atoms with Crippen LogP contribution in [0.2, 0.25) is 13.1 Å². The Morgan fingerprint density at radius 2 is 1.67 bits per heavy atom. The molecule has 0 aromatic rings. The Morgan fingerprint density at radius 1 is 1.13 bits per heavy atom. The molecule has 0 aliphatic carbocycles. The Hall–Kier alpha value is 0.314. The highest BCUT2D eigenvalue weighted by atomic mass is 28.2. The minimum Gasteiger partial charge on any atom is -0.400 e. The van der Waals surface area contributed by atoms with Crippen molar-refractivity contribution < 1.29 is 14.0 Å². The summed E-state index contributed by atoms with van der Waals surface area (Å²) in [5.74, 6) is 0. The molecule has 1 N–H and O–H groups in total. The lowest BCUT2D eigenvalue weighted by Gasteiger charge is -2.34. The van der Waals surface area contributed by atoms with Gasteiger partial charge in [-0.1, -0.05) is 33.4 Å². The molecule has 0 amide bonds. The van der Waals surface area contributed by atoms with Gasteiger partial charge in [-0.15, -0.1) is 0 Å². The topological polar surface area (TPSA) is 38.7 Å². The van der Waals surface area contributed by atoms with Crippen LogP contribution >= 0.6 is 0 Å². The van der Waals surface area contributed by atoms with Crippen LogP contribution in [0.25, 0.3) is 0 Å². The summed E-state index contributed by atoms with van der Waals surface area (Å²) in [4.78, 5) is 0. The van der Waals surface area contributed by atoms with Crippen LogP contribution in [0.15, 0.2) is 0 Å². The Morgan fingerprint density at radius 3 is 2.07 bits per heavy atom. The van der Waals surface area contributed by atoms with E-state index in [0.29, 0.717) is 0 Å². The molecule has 0 aromatic heterocycles. The second-order valence-electron chi connectivity index (χ2n) is 4.41. The lowest BCUT2D eigenvalue weighted by molar-refractivity contribution is -0.0829. The molecule has 0 aliphatic heterocycles. The molecule has 92 valence electrons. The van der Waals surface area contributed by atoms with Gasteiger partial charge in [0.1, 0.15) is 6.29 Å². The molecule has 15 heavy (non-hydrogen) atoms. The Labute approximate surface area is 98.4 Å². The third kappa shape index (κ3) is 6.47. The van der Waals surface area contributed by atoms with Crippen molar-refractivity contribution >= 4 is 19.5 Å². The van der Waals surface area contributed by atoms with Crippen LogP contribution in [-0.4, -0.2) is 37.5 Å². The first-order valence-electron chi connectivity index (χ1n) is 5.92. The van der Waals surface area contributed by atoms with Crippen molar-refractivity contribution in [1.29, 1.82) is 0 Å². The summed E-state index contributed by atoms with van der Waals surface area (Å²) >= 11 is 0. The summed E-state index contributed by atoms with van der Waals surface area (Å²) in [6, 6.07) is 0. The number of aliphatic hydroxyl groups is 1. The van der Waals surface area contributed by atoms with Gasteiger partial charge in [0.25, 0.3) is 0 Å². The largest absolute Gasteiger partial charge is 0.400 e. The first-order chi connectivity index (χ1) is 7.08. The molecule has 0 aromatic carbocycles. The fourth-order valence-corrected chi connectivity index (χ4v) is 3.51. The van der Waals surface area contributed by atoms with E-state index in [-0.39, 0.29) is 18.3 Å². The van der Waals surface area contributed by atoms with Gasteiger partial charge in [0, 0.05) is 12.0 Å². The minimum atomic E-state index is -0.414. The van der Waals surface area contributed by atoms with Crippen LogP contribution < -0.4 is 0 Å². The monoisotopic (exact) mass is 250 g/mol. The first-order valence-corrected chi connectivity index (χ1v) is 9.90. The van der Waals surface area contributed by atoms with E-state index in [1.54, 1.807) is 0 Å². The highest BCUT2D eigenvalue weighted by molar-refractivity contribution is 6.26. The van der Waals surface area contributed by atoms with E-state index in [4.69, 9.17) is 14.0 Å². The number of hydrogen-bond donors (Lipinski definition) is 1. The van der Waals surface area contributed by atoms with Crippen molar-refractivity contribution in [3.8, 4) is 0 Å². The van der Waals surface area contributed by atoms with E-state index in [1.807, 2.05) is 0 Å². The number of hydrogen-bond acceptors (Lipinski definition) is 3. The van der Waals surface area contributed by atoms with Crippen molar-refractivity contribution in [2.45, 2.75) is 52.5 Å². The average molecular weight is 250 g/mol. The Balaban J connectivity index is 4.08. The van der Waals surface area contributed by atoms with Crippen molar-refractivity contribution in [3.05, 3.63) is 0 Å². The third-order valence-corrected chi connectivity index (χ3v) is 3.78. The van der Waals surface area contributed by atoms with Crippen molar-refractivity contribution in [2.24, 2.45) is 5.41 Å². The van der Waals surface area contributed by atoms with E-state index in [1.165, 1.54) is 0 Å². The van der Waals surface area contributed by atoms with Gasteiger partial charge in [0.05, 0.1) is 0 Å². The molecule has 0 aliphatic rings. The summed E-state index contributed by atoms with van der Waals surface area (Å²) in [6.45, 7) is 8.95. The van der Waals surface area contributed by atoms with Crippen LogP contribution in [0.1, 0.15) is 33.1 Å². The highest BCUT2D eigenvalue weighted by Gasteiger charge is 2.29. The second kappa shape index (κ2) is 8.46. The van der Waals surface area contributed by atoms with E-state index in [0.717, 1.165) is 19.3 Å². The van der Waals surface area contributed by atoms with Crippen LogP contribution in [0.3, 0.4) is 0 Å². The lowest BCUT2D eigenvalue weighted by atomic mass is 9.86. The van der Waals surface area contributed by atoms with Crippen LogP contribution in [-0.2, 0) is 8.85 Å². The molecule has 3 nitrogen and oxygen atoms in total. The van der Waals surface area contributed by atoms with Gasteiger partial charge in [-0.05, 0) is 12.8 Å². The Kier molecular flexibility index (Phi) is 8.64. The summed E-state index contributed by atoms with van der Waals surface area (Å²) in [5, 5.41) is 8.76. The summed E-state index contributed by atoms with van der Waals surface area (Å²) in [6.07, 6.45) is 2.97. The van der Waals surface area contributed by atoms with Gasteiger partial charge in [-0.25, -0.2) is 0 Å². The molecule has 0 rings (SSSR count). The first kappa shape index (κ1) is 15.3. The number of aliphatic hydroxyl groups excluding tert-OH is 1. The maximum atomic E-state index is 8.76. The predicted molar refractivity (Wildman–Crippen MR) is 69.5 cm³/mol. The van der Waals surface area contributed by atoms with Crippen molar-refractivity contribution in [3.63, 3.8) is 0 Å². The summed E-state index contributed by atoms with van der Waals surface area (Å²) in [5.41, 5.74) is 0.0845. The van der Waals surface area contributed by atoms with Crippen molar-refractivity contribution in [2.75, 3.05) is 6.61 Å². The molecule has 0 bridgehead atoms. The highest BCUT2D eigenvalue weighted by Crippen LogP contribution is 2.30. The smallest absolute Gasteiger partial charge is 0.161 e. The zero-order chi connectivity index (χ0) is 11.7. The SMILES string of the molecule is C[SiH2]OC(O[SiH2]C)C(C)(C)CCCCO. The summed E-state index contributed by atoms with van der Waals surface area (Å²) < 4.78 is 11.5. The maximum absolute atomic E-state index is 8.76. The molecular formula is C10H26O3Si2. The van der Waals surface area contributed by atoms with Gasteiger partial charge in [0.2, 0.25) is 0 Å². The fourth-order valence-electron chi connectivity index (χ4n) is 1.61. The molecule has 0 saturated carbocycles. The predicted octanol–water partition coefficient (Wildman–Crippen LogP) is 0.798. The molecule has 0 fully saturated rings. The molecule has 5 heteroatoms. The quantitative estimate of drug-likeness (QED) is 0.374. The molecular weight excluding hydrogens is 224 g/mol. The Bertz CT molecular complexity index is 148. The fraction of sp³-hybridized carbons (Fsp3) is 1.00. The van der Waals surface area contributed by atoms with Gasteiger partial charge < -0.3 is 14.0 Å². The minimum absolute atomic E-state index is 0.00970. The van der Waals surface area contributed by atoms with E-state index >= 15 is 0 Å².